The lowest BCUT2D eigenvalue weighted by atomic mass is 10.1. The first-order valence-electron chi connectivity index (χ1n) is 4.53. The van der Waals surface area contributed by atoms with E-state index in [0.717, 1.165) is 14.9 Å². The molecule has 3 unspecified atom stereocenters. The molecule has 0 amide bonds. The molecule has 1 aliphatic heterocycles. The van der Waals surface area contributed by atoms with Gasteiger partial charge in [-0.15, -0.1) is 0 Å². The molecule has 1 aliphatic rings. The van der Waals surface area contributed by atoms with Crippen LogP contribution < -0.4 is 5.32 Å². The zero-order valence-electron chi connectivity index (χ0n) is 8.08. The Bertz CT molecular complexity index is 394. The Balaban J connectivity index is 2.61. The first kappa shape index (κ1) is 10.3. The van der Waals surface area contributed by atoms with Gasteiger partial charge in [-0.25, -0.2) is 0 Å². The van der Waals surface area contributed by atoms with Crippen LogP contribution in [0, 0.1) is 0 Å². The van der Waals surface area contributed by atoms with E-state index in [9.17, 15) is 4.21 Å². The van der Waals surface area contributed by atoms with E-state index in [1.807, 2.05) is 32.2 Å². The van der Waals surface area contributed by atoms with E-state index in [1.54, 1.807) is 0 Å². The van der Waals surface area contributed by atoms with Gasteiger partial charge in [-0.05, 0) is 41.5 Å². The van der Waals surface area contributed by atoms with Crippen LogP contribution >= 0.6 is 15.9 Å². The molecule has 1 aromatic rings. The summed E-state index contributed by atoms with van der Waals surface area (Å²) in [7, 11) is 1.02. The summed E-state index contributed by atoms with van der Waals surface area (Å²) in [5.41, 5.74) is 1.16. The second-order valence-corrected chi connectivity index (χ2v) is 6.03. The molecule has 1 aromatic carbocycles. The minimum absolute atomic E-state index is 0.147. The fraction of sp³-hybridized carbons (Fsp3) is 0.400. The maximum Gasteiger partial charge on any atom is 0.0592 e. The zero-order valence-corrected chi connectivity index (χ0v) is 10.5. The molecule has 0 aromatic heterocycles. The first-order chi connectivity index (χ1) is 6.66. The van der Waals surface area contributed by atoms with E-state index in [4.69, 9.17) is 0 Å². The van der Waals surface area contributed by atoms with Crippen molar-refractivity contribution in [2.75, 3.05) is 7.05 Å². The van der Waals surface area contributed by atoms with Gasteiger partial charge in [0.1, 0.15) is 0 Å². The predicted molar refractivity (Wildman–Crippen MR) is 61.8 cm³/mol. The molecule has 0 saturated carbocycles. The van der Waals surface area contributed by atoms with Crippen molar-refractivity contribution >= 4 is 26.7 Å². The van der Waals surface area contributed by atoms with E-state index in [-0.39, 0.29) is 11.3 Å². The Morgan fingerprint density at radius 3 is 2.86 bits per heavy atom. The normalized spacial score (nSPS) is 30.4. The van der Waals surface area contributed by atoms with Crippen molar-refractivity contribution in [1.29, 1.82) is 0 Å². The zero-order chi connectivity index (χ0) is 10.3. The van der Waals surface area contributed by atoms with Crippen molar-refractivity contribution in [3.8, 4) is 0 Å². The summed E-state index contributed by atoms with van der Waals surface area (Å²) in [6.07, 6.45) is 0. The largest absolute Gasteiger partial charge is 0.312 e. The van der Waals surface area contributed by atoms with Crippen molar-refractivity contribution < 1.29 is 4.21 Å². The first-order valence-corrected chi connectivity index (χ1v) is 6.53. The number of benzene rings is 1. The lowest BCUT2D eigenvalue weighted by Crippen LogP contribution is -2.24. The summed E-state index contributed by atoms with van der Waals surface area (Å²) in [6, 6.07) is 6.19. The number of rotatable bonds is 1. The van der Waals surface area contributed by atoms with Crippen LogP contribution in [0.3, 0.4) is 0 Å². The van der Waals surface area contributed by atoms with Crippen molar-refractivity contribution in [1.82, 2.24) is 5.32 Å². The quantitative estimate of drug-likeness (QED) is 0.850. The molecule has 0 saturated heterocycles. The molecule has 0 spiro atoms. The van der Waals surface area contributed by atoms with Gasteiger partial charge in [-0.1, -0.05) is 12.1 Å². The highest BCUT2D eigenvalue weighted by molar-refractivity contribution is 9.10. The second kappa shape index (κ2) is 3.76. The second-order valence-electron chi connectivity index (χ2n) is 3.43. The molecule has 14 heavy (non-hydrogen) atoms. The molecule has 2 rings (SSSR count). The molecule has 2 nitrogen and oxygen atoms in total. The fourth-order valence-electron chi connectivity index (χ4n) is 1.94. The summed E-state index contributed by atoms with van der Waals surface area (Å²) in [4.78, 5) is 0.958. The molecule has 3 atom stereocenters. The lowest BCUT2D eigenvalue weighted by molar-refractivity contribution is 0.585. The summed E-state index contributed by atoms with van der Waals surface area (Å²) in [5.74, 6) is 0. The van der Waals surface area contributed by atoms with E-state index in [0.29, 0.717) is 0 Å². The van der Waals surface area contributed by atoms with Crippen LogP contribution in [0.25, 0.3) is 0 Å². The van der Waals surface area contributed by atoms with Gasteiger partial charge in [0.15, 0.2) is 0 Å². The Morgan fingerprint density at radius 1 is 1.50 bits per heavy atom. The Kier molecular flexibility index (Phi) is 2.77. The SMILES string of the molecule is CNC1c2cccc(Br)c2S(=O)C1C. The maximum absolute atomic E-state index is 12.0. The van der Waals surface area contributed by atoms with E-state index in [1.165, 1.54) is 0 Å². The van der Waals surface area contributed by atoms with E-state index >= 15 is 0 Å². The van der Waals surface area contributed by atoms with E-state index in [2.05, 4.69) is 21.2 Å². The molecule has 0 radical (unpaired) electrons. The minimum Gasteiger partial charge on any atom is -0.312 e. The third kappa shape index (κ3) is 1.36. The number of halogens is 1. The average molecular weight is 274 g/mol. The molecule has 0 bridgehead atoms. The smallest absolute Gasteiger partial charge is 0.0592 e. The maximum atomic E-state index is 12.0. The van der Waals surface area contributed by atoms with Gasteiger partial charge in [0.25, 0.3) is 0 Å². The standard InChI is InChI=1S/C10H12BrNOS/c1-6-9(12-2)7-4-3-5-8(11)10(7)14(6)13/h3-6,9,12H,1-2H3. The molecule has 1 heterocycles. The highest BCUT2D eigenvalue weighted by Gasteiger charge is 2.35. The highest BCUT2D eigenvalue weighted by atomic mass is 79.9. The Labute approximate surface area is 94.7 Å². The highest BCUT2D eigenvalue weighted by Crippen LogP contribution is 2.39. The summed E-state index contributed by atoms with van der Waals surface area (Å²) in [5, 5.41) is 3.36. The molecule has 76 valence electrons. The van der Waals surface area contributed by atoms with Gasteiger partial charge in [0.2, 0.25) is 0 Å². The minimum atomic E-state index is -0.893. The van der Waals surface area contributed by atoms with Crippen LogP contribution in [-0.4, -0.2) is 16.5 Å². The van der Waals surface area contributed by atoms with E-state index < -0.39 is 10.8 Å². The molecule has 0 fully saturated rings. The van der Waals surface area contributed by atoms with Gasteiger partial charge >= 0.3 is 0 Å². The molecule has 0 aliphatic carbocycles. The summed E-state index contributed by atoms with van der Waals surface area (Å²) >= 11 is 3.45. The third-order valence-corrected chi connectivity index (χ3v) is 5.38. The molecule has 1 N–H and O–H groups in total. The van der Waals surface area contributed by atoms with Gasteiger partial charge in [-0.2, -0.15) is 0 Å². The fourth-order valence-corrected chi connectivity index (χ4v) is 4.38. The van der Waals surface area contributed by atoms with Crippen molar-refractivity contribution in [2.24, 2.45) is 0 Å². The van der Waals surface area contributed by atoms with Crippen LogP contribution in [0.4, 0.5) is 0 Å². The van der Waals surface area contributed by atoms with Crippen LogP contribution in [0.1, 0.15) is 18.5 Å². The number of fused-ring (bicyclic) bond motifs is 1. The van der Waals surface area contributed by atoms with Gasteiger partial charge in [0.05, 0.1) is 20.9 Å². The summed E-state index contributed by atoms with van der Waals surface area (Å²) < 4.78 is 13.0. The number of hydrogen-bond acceptors (Lipinski definition) is 2. The predicted octanol–water partition coefficient (Wildman–Crippen LogP) is 2.22. The van der Waals surface area contributed by atoms with Crippen molar-refractivity contribution in [3.05, 3.63) is 28.2 Å². The van der Waals surface area contributed by atoms with Crippen molar-refractivity contribution in [2.45, 2.75) is 23.1 Å². The molecular weight excluding hydrogens is 262 g/mol. The third-order valence-electron chi connectivity index (χ3n) is 2.65. The van der Waals surface area contributed by atoms with Crippen LogP contribution in [0.15, 0.2) is 27.6 Å². The lowest BCUT2D eigenvalue weighted by Gasteiger charge is -2.13. The average Bonchev–Trinajstić information content (AvgIpc) is 2.41. The summed E-state index contributed by atoms with van der Waals surface area (Å²) in [6.45, 7) is 2.02. The molecule has 4 heteroatoms. The van der Waals surface area contributed by atoms with Crippen molar-refractivity contribution in [3.63, 3.8) is 0 Å². The van der Waals surface area contributed by atoms with Crippen LogP contribution in [0.5, 0.6) is 0 Å². The van der Waals surface area contributed by atoms with Crippen LogP contribution in [0.2, 0.25) is 0 Å². The Morgan fingerprint density at radius 2 is 2.21 bits per heavy atom. The topological polar surface area (TPSA) is 29.1 Å². The monoisotopic (exact) mass is 273 g/mol. The van der Waals surface area contributed by atoms with Gasteiger partial charge in [0, 0.05) is 10.5 Å². The van der Waals surface area contributed by atoms with Crippen LogP contribution in [-0.2, 0) is 10.8 Å². The molecular formula is C10H12BrNOS. The van der Waals surface area contributed by atoms with Gasteiger partial charge in [-0.3, -0.25) is 4.21 Å². The Hall–Kier alpha value is -0.190. The number of nitrogens with one attached hydrogen (secondary N) is 1. The van der Waals surface area contributed by atoms with Gasteiger partial charge < -0.3 is 5.32 Å². The number of hydrogen-bond donors (Lipinski definition) is 1.